The predicted molar refractivity (Wildman–Crippen MR) is 115 cm³/mol. The Bertz CT molecular complexity index is 1150. The number of ether oxygens (including phenoxy) is 2. The molecule has 0 spiro atoms. The average Bonchev–Trinajstić information content (AvgIpc) is 2.79. The first-order valence-electron chi connectivity index (χ1n) is 9.07. The maximum absolute atomic E-state index is 12.2. The second kappa shape index (κ2) is 10.6. The Labute approximate surface area is 183 Å². The van der Waals surface area contributed by atoms with Gasteiger partial charge in [0, 0.05) is 0 Å². The maximum Gasteiger partial charge on any atom is 0.345 e. The quantitative estimate of drug-likeness (QED) is 0.263. The summed E-state index contributed by atoms with van der Waals surface area (Å²) in [6.07, 6.45) is 1.43. The Morgan fingerprint density at radius 2 is 1.74 bits per heavy atom. The molecule has 0 unspecified atom stereocenters. The maximum atomic E-state index is 12.2. The topological polar surface area (TPSA) is 101 Å². The van der Waals surface area contributed by atoms with Gasteiger partial charge in [-0.1, -0.05) is 35.9 Å². The zero-order chi connectivity index (χ0) is 22.1. The summed E-state index contributed by atoms with van der Waals surface area (Å²) in [4.78, 5) is 24.0. The number of rotatable bonds is 7. The summed E-state index contributed by atoms with van der Waals surface area (Å²) in [6.45, 7) is -0.285. The number of carbonyl (C=O) groups excluding carboxylic acids is 2. The normalized spacial score (nSPS) is 10.3. The van der Waals surface area contributed by atoms with Crippen LogP contribution in [0, 0.1) is 11.3 Å². The number of halogens is 1. The first kappa shape index (κ1) is 21.6. The Kier molecular flexibility index (Phi) is 7.35. The number of nitrogens with zero attached hydrogens (tertiary/aromatic N) is 2. The van der Waals surface area contributed by atoms with Crippen molar-refractivity contribution in [3.05, 3.63) is 94.5 Å². The molecule has 0 fully saturated rings. The molecule has 154 valence electrons. The lowest BCUT2D eigenvalue weighted by molar-refractivity contribution is -0.123. The van der Waals surface area contributed by atoms with Gasteiger partial charge in [0.25, 0.3) is 5.91 Å². The van der Waals surface area contributed by atoms with E-state index < -0.39 is 11.9 Å². The first-order chi connectivity index (χ1) is 15.1. The van der Waals surface area contributed by atoms with Crippen LogP contribution in [0.1, 0.15) is 21.5 Å². The molecule has 0 radical (unpaired) electrons. The number of carbonyl (C=O) groups is 2. The molecule has 0 atom stereocenters. The highest BCUT2D eigenvalue weighted by molar-refractivity contribution is 6.33. The molecule has 1 amide bonds. The van der Waals surface area contributed by atoms with Gasteiger partial charge in [-0.25, -0.2) is 10.2 Å². The van der Waals surface area contributed by atoms with Crippen LogP contribution in [0.2, 0.25) is 5.02 Å². The standard InChI is InChI=1S/C23H16ClN3O4/c24-20-7-3-2-6-19(20)23(29)31-18-11-9-16(10-12-18)14-26-27-22(28)15-30-21-8-4-1-5-17(21)13-25/h1-12,14H,15H2,(H,27,28)/b26-14-. The fourth-order valence-electron chi connectivity index (χ4n) is 2.45. The second-order valence-electron chi connectivity index (χ2n) is 6.13. The van der Waals surface area contributed by atoms with Crippen molar-refractivity contribution in [1.29, 1.82) is 5.26 Å². The molecule has 0 saturated carbocycles. The lowest BCUT2D eigenvalue weighted by atomic mass is 10.2. The molecule has 0 saturated heterocycles. The number of esters is 1. The summed E-state index contributed by atoms with van der Waals surface area (Å²) in [6, 6.07) is 21.8. The van der Waals surface area contributed by atoms with E-state index in [2.05, 4.69) is 10.5 Å². The van der Waals surface area contributed by atoms with Crippen molar-refractivity contribution in [2.24, 2.45) is 5.10 Å². The van der Waals surface area contributed by atoms with Gasteiger partial charge in [-0.15, -0.1) is 0 Å². The average molecular weight is 434 g/mol. The zero-order valence-corrected chi connectivity index (χ0v) is 16.9. The molecular formula is C23H16ClN3O4. The molecule has 1 N–H and O–H groups in total. The Balaban J connectivity index is 1.49. The van der Waals surface area contributed by atoms with Gasteiger partial charge in [-0.2, -0.15) is 10.4 Å². The Morgan fingerprint density at radius 1 is 1.03 bits per heavy atom. The van der Waals surface area contributed by atoms with Gasteiger partial charge in [0.1, 0.15) is 17.6 Å². The highest BCUT2D eigenvalue weighted by Crippen LogP contribution is 2.19. The van der Waals surface area contributed by atoms with Crippen molar-refractivity contribution >= 4 is 29.7 Å². The lowest BCUT2D eigenvalue weighted by Crippen LogP contribution is -2.24. The van der Waals surface area contributed by atoms with Crippen LogP contribution in [0.4, 0.5) is 0 Å². The summed E-state index contributed by atoms with van der Waals surface area (Å²) in [5.41, 5.74) is 3.63. The van der Waals surface area contributed by atoms with E-state index >= 15 is 0 Å². The van der Waals surface area contributed by atoms with E-state index in [9.17, 15) is 9.59 Å². The lowest BCUT2D eigenvalue weighted by Gasteiger charge is -2.06. The van der Waals surface area contributed by atoms with Crippen molar-refractivity contribution in [3.8, 4) is 17.6 Å². The fraction of sp³-hybridized carbons (Fsp3) is 0.0435. The molecule has 3 rings (SSSR count). The minimum Gasteiger partial charge on any atom is -0.482 e. The number of hydrazone groups is 1. The molecule has 3 aromatic rings. The smallest absolute Gasteiger partial charge is 0.345 e. The minimum absolute atomic E-state index is 0.275. The second-order valence-corrected chi connectivity index (χ2v) is 6.54. The third-order valence-electron chi connectivity index (χ3n) is 3.95. The van der Waals surface area contributed by atoms with Crippen LogP contribution in [0.3, 0.4) is 0 Å². The van der Waals surface area contributed by atoms with Crippen LogP contribution in [0.5, 0.6) is 11.5 Å². The number of amides is 1. The summed E-state index contributed by atoms with van der Waals surface area (Å²) in [5, 5.41) is 13.2. The third-order valence-corrected chi connectivity index (χ3v) is 4.28. The van der Waals surface area contributed by atoms with Crippen molar-refractivity contribution in [2.75, 3.05) is 6.61 Å². The highest BCUT2D eigenvalue weighted by atomic mass is 35.5. The van der Waals surface area contributed by atoms with E-state index in [-0.39, 0.29) is 12.2 Å². The molecule has 7 nitrogen and oxygen atoms in total. The van der Waals surface area contributed by atoms with Gasteiger partial charge < -0.3 is 9.47 Å². The van der Waals surface area contributed by atoms with Gasteiger partial charge in [0.2, 0.25) is 0 Å². The van der Waals surface area contributed by atoms with Crippen molar-refractivity contribution < 1.29 is 19.1 Å². The van der Waals surface area contributed by atoms with Gasteiger partial charge in [-0.05, 0) is 54.1 Å². The van der Waals surface area contributed by atoms with Gasteiger partial charge in [0.15, 0.2) is 6.61 Å². The zero-order valence-electron chi connectivity index (χ0n) is 16.1. The van der Waals surface area contributed by atoms with E-state index in [1.54, 1.807) is 72.8 Å². The molecular weight excluding hydrogens is 418 g/mol. The number of nitriles is 1. The van der Waals surface area contributed by atoms with Crippen LogP contribution in [0.25, 0.3) is 0 Å². The monoisotopic (exact) mass is 433 g/mol. The van der Waals surface area contributed by atoms with Gasteiger partial charge >= 0.3 is 5.97 Å². The number of hydrogen-bond donors (Lipinski definition) is 1. The van der Waals surface area contributed by atoms with Crippen molar-refractivity contribution in [2.45, 2.75) is 0 Å². The third kappa shape index (κ3) is 6.16. The van der Waals surface area contributed by atoms with Gasteiger partial charge in [0.05, 0.1) is 22.4 Å². The summed E-state index contributed by atoms with van der Waals surface area (Å²) in [7, 11) is 0. The highest BCUT2D eigenvalue weighted by Gasteiger charge is 2.12. The molecule has 31 heavy (non-hydrogen) atoms. The molecule has 0 heterocycles. The van der Waals surface area contributed by atoms with E-state index in [1.165, 1.54) is 6.21 Å². The van der Waals surface area contributed by atoms with E-state index in [4.69, 9.17) is 26.3 Å². The molecule has 0 aliphatic rings. The van der Waals surface area contributed by atoms with Crippen LogP contribution in [0.15, 0.2) is 77.9 Å². The van der Waals surface area contributed by atoms with Gasteiger partial charge in [-0.3, -0.25) is 4.79 Å². The molecule has 8 heteroatoms. The molecule has 0 aliphatic heterocycles. The predicted octanol–water partition coefficient (Wildman–Crippen LogP) is 3.96. The van der Waals surface area contributed by atoms with Crippen LogP contribution in [-0.4, -0.2) is 24.7 Å². The molecule has 3 aromatic carbocycles. The SMILES string of the molecule is N#Cc1ccccc1OCC(=O)N/N=C\c1ccc(OC(=O)c2ccccc2Cl)cc1. The number of nitrogens with one attached hydrogen (secondary N) is 1. The molecule has 0 aromatic heterocycles. The molecule has 0 bridgehead atoms. The van der Waals surface area contributed by atoms with E-state index in [0.717, 1.165) is 0 Å². The summed E-state index contributed by atoms with van der Waals surface area (Å²) >= 11 is 5.99. The minimum atomic E-state index is -0.558. The van der Waals surface area contributed by atoms with Crippen molar-refractivity contribution in [1.82, 2.24) is 5.43 Å². The van der Waals surface area contributed by atoms with Crippen LogP contribution < -0.4 is 14.9 Å². The Hall–Kier alpha value is -4.15. The van der Waals surface area contributed by atoms with Crippen molar-refractivity contribution in [3.63, 3.8) is 0 Å². The number of benzene rings is 3. The first-order valence-corrected chi connectivity index (χ1v) is 9.45. The summed E-state index contributed by atoms with van der Waals surface area (Å²) < 4.78 is 10.6. The number of hydrogen-bond acceptors (Lipinski definition) is 6. The largest absolute Gasteiger partial charge is 0.482 e. The van der Waals surface area contributed by atoms with E-state index in [0.29, 0.717) is 27.6 Å². The molecule has 0 aliphatic carbocycles. The van der Waals surface area contributed by atoms with Crippen LogP contribution >= 0.6 is 11.6 Å². The number of para-hydroxylation sites is 1. The Morgan fingerprint density at radius 3 is 2.48 bits per heavy atom. The van der Waals surface area contributed by atoms with Crippen LogP contribution in [-0.2, 0) is 4.79 Å². The van der Waals surface area contributed by atoms with E-state index in [1.807, 2.05) is 6.07 Å². The summed E-state index contributed by atoms with van der Waals surface area (Å²) in [5.74, 6) is -0.367. The fourth-order valence-corrected chi connectivity index (χ4v) is 2.66.